The number of rotatable bonds is 3. The average molecular weight is 173 g/mol. The van der Waals surface area contributed by atoms with Crippen molar-refractivity contribution in [3.8, 4) is 0 Å². The number of hydrogen-bond donors (Lipinski definition) is 2. The van der Waals surface area contributed by atoms with Gasteiger partial charge in [0, 0.05) is 0 Å². The highest BCUT2D eigenvalue weighted by Gasteiger charge is 2.09. The summed E-state index contributed by atoms with van der Waals surface area (Å²) in [5, 5.41) is 0. The minimum Gasteiger partial charge on any atom is -0.337 e. The van der Waals surface area contributed by atoms with E-state index in [9.17, 15) is 0 Å². The summed E-state index contributed by atoms with van der Waals surface area (Å²) in [4.78, 5) is 8.86. The summed E-state index contributed by atoms with van der Waals surface area (Å²) in [5.74, 6) is 5.39. The van der Waals surface area contributed by atoms with Crippen molar-refractivity contribution in [1.29, 1.82) is 0 Å². The van der Waals surface area contributed by atoms with Crippen molar-refractivity contribution in [2.75, 3.05) is 5.75 Å². The largest absolute Gasteiger partial charge is 0.337 e. The Balaban J connectivity index is 3.55. The molecule has 0 aliphatic rings. The lowest BCUT2D eigenvalue weighted by Gasteiger charge is -2.07. The fraction of sp³-hybridized carbons (Fsp3) is 1.00. The zero-order valence-electron chi connectivity index (χ0n) is 4.40. The van der Waals surface area contributed by atoms with Crippen LogP contribution in [0, 0.1) is 0 Å². The maximum absolute atomic E-state index is 8.86. The third-order valence-corrected chi connectivity index (χ3v) is 4.49. The highest BCUT2D eigenvalue weighted by atomic mass is 32.9. The second-order valence-electron chi connectivity index (χ2n) is 0.992. The van der Waals surface area contributed by atoms with Gasteiger partial charge in [-0.2, -0.15) is 0 Å². The molecule has 3 nitrogen and oxygen atoms in total. The van der Waals surface area contributed by atoms with Gasteiger partial charge in [-0.3, -0.25) is 0 Å². The topological polar surface area (TPSA) is 55.5 Å². The van der Waals surface area contributed by atoms with E-state index in [1.165, 1.54) is 11.4 Å². The second kappa shape index (κ2) is 3.82. The molecule has 0 amide bonds. The highest BCUT2D eigenvalue weighted by molar-refractivity contribution is 8.67. The first-order valence-electron chi connectivity index (χ1n) is 1.98. The summed E-state index contributed by atoms with van der Waals surface area (Å²) < 4.78 is 4.12. The molecule has 0 saturated carbocycles. The molecular weight excluding hydrogens is 165 g/mol. The lowest BCUT2D eigenvalue weighted by atomic mass is 11.0. The molecule has 0 spiro atoms. The molecule has 0 saturated heterocycles. The summed E-state index contributed by atoms with van der Waals surface area (Å²) in [6.45, 7) is 1.88. The molecule has 0 aromatic rings. The van der Waals surface area contributed by atoms with Gasteiger partial charge in [-0.15, -0.1) is 0 Å². The predicted molar refractivity (Wildman–Crippen MR) is 39.9 cm³/mol. The van der Waals surface area contributed by atoms with E-state index in [1.807, 2.05) is 6.92 Å². The summed E-state index contributed by atoms with van der Waals surface area (Å²) >= 11 is 5.69. The van der Waals surface area contributed by atoms with Crippen molar-refractivity contribution in [2.24, 2.45) is 5.90 Å². The van der Waals surface area contributed by atoms with Crippen LogP contribution in [-0.4, -0.2) is 10.6 Å². The number of nitrogens with two attached hydrogens (primary N) is 1. The van der Waals surface area contributed by atoms with Crippen molar-refractivity contribution in [1.82, 2.24) is 0 Å². The van der Waals surface area contributed by atoms with Crippen molar-refractivity contribution < 1.29 is 9.52 Å². The van der Waals surface area contributed by atoms with E-state index < -0.39 is 5.69 Å². The molecule has 0 radical (unpaired) electrons. The Morgan fingerprint density at radius 2 is 2.50 bits per heavy atom. The van der Waals surface area contributed by atoms with Crippen molar-refractivity contribution >= 4 is 28.9 Å². The minimum atomic E-state index is -2.65. The monoisotopic (exact) mass is 173 g/mol. The molecule has 0 aromatic carbocycles. The fourth-order valence-electron chi connectivity index (χ4n) is 0.194. The first-order valence-corrected chi connectivity index (χ1v) is 6.24. The smallest absolute Gasteiger partial charge is 0.261 e. The standard InChI is InChI=1S/C2H8NO2PS2/c1-2-8-6(4,7)5-3/h2-3H2,1H3,(H,4,7). The summed E-state index contributed by atoms with van der Waals surface area (Å²) in [5.41, 5.74) is -2.65. The van der Waals surface area contributed by atoms with Crippen LogP contribution in [0.15, 0.2) is 0 Å². The quantitative estimate of drug-likeness (QED) is 0.489. The first-order chi connectivity index (χ1) is 3.62. The Morgan fingerprint density at radius 3 is 2.62 bits per heavy atom. The van der Waals surface area contributed by atoms with E-state index in [0.29, 0.717) is 0 Å². The Bertz CT molecular complexity index is 108. The van der Waals surface area contributed by atoms with Gasteiger partial charge in [-0.05, 0) is 17.6 Å². The molecule has 3 N–H and O–H groups in total. The SMILES string of the molecule is CCSP(O)(=S)ON. The molecule has 0 heterocycles. The van der Waals surface area contributed by atoms with E-state index in [-0.39, 0.29) is 0 Å². The van der Waals surface area contributed by atoms with Crippen LogP contribution in [-0.2, 0) is 16.4 Å². The van der Waals surface area contributed by atoms with Gasteiger partial charge < -0.3 is 4.89 Å². The van der Waals surface area contributed by atoms with Crippen LogP contribution in [0.4, 0.5) is 0 Å². The van der Waals surface area contributed by atoms with E-state index in [2.05, 4.69) is 22.3 Å². The van der Waals surface area contributed by atoms with Gasteiger partial charge in [0.15, 0.2) is 0 Å². The lowest BCUT2D eigenvalue weighted by molar-refractivity contribution is 0.335. The van der Waals surface area contributed by atoms with Crippen molar-refractivity contribution in [2.45, 2.75) is 6.92 Å². The normalized spacial score (nSPS) is 17.9. The van der Waals surface area contributed by atoms with E-state index in [1.54, 1.807) is 0 Å². The minimum absolute atomic E-state index is 0.727. The van der Waals surface area contributed by atoms with Crippen molar-refractivity contribution in [3.05, 3.63) is 0 Å². The van der Waals surface area contributed by atoms with Crippen LogP contribution >= 0.6 is 17.1 Å². The van der Waals surface area contributed by atoms with Gasteiger partial charge in [0.1, 0.15) is 0 Å². The molecule has 1 atom stereocenters. The molecule has 0 aliphatic heterocycles. The van der Waals surface area contributed by atoms with Gasteiger partial charge in [0.2, 0.25) is 0 Å². The molecule has 1 unspecified atom stereocenters. The van der Waals surface area contributed by atoms with Crippen molar-refractivity contribution in [3.63, 3.8) is 0 Å². The molecular formula is C2H8NO2PS2. The van der Waals surface area contributed by atoms with E-state index >= 15 is 0 Å². The Kier molecular flexibility index (Phi) is 4.24. The van der Waals surface area contributed by atoms with Gasteiger partial charge in [0.05, 0.1) is 0 Å². The van der Waals surface area contributed by atoms with Crippen LogP contribution in [0.2, 0.25) is 0 Å². The zero-order chi connectivity index (χ0) is 6.62. The lowest BCUT2D eigenvalue weighted by Crippen LogP contribution is -1.92. The van der Waals surface area contributed by atoms with Crippen LogP contribution in [0.1, 0.15) is 6.92 Å². The maximum atomic E-state index is 8.86. The summed E-state index contributed by atoms with van der Waals surface area (Å²) in [6, 6.07) is 0. The van der Waals surface area contributed by atoms with Gasteiger partial charge in [-0.1, -0.05) is 18.3 Å². The molecule has 0 aromatic heterocycles. The first kappa shape index (κ1) is 8.88. The van der Waals surface area contributed by atoms with Crippen LogP contribution in [0.25, 0.3) is 0 Å². The Morgan fingerprint density at radius 1 is 2.00 bits per heavy atom. The maximum Gasteiger partial charge on any atom is 0.261 e. The van der Waals surface area contributed by atoms with Crippen LogP contribution < -0.4 is 5.90 Å². The fourth-order valence-corrected chi connectivity index (χ4v) is 2.69. The zero-order valence-corrected chi connectivity index (χ0v) is 6.93. The van der Waals surface area contributed by atoms with E-state index in [4.69, 9.17) is 4.89 Å². The molecule has 6 heteroatoms. The molecule has 0 rings (SSSR count). The van der Waals surface area contributed by atoms with Gasteiger partial charge >= 0.3 is 0 Å². The predicted octanol–water partition coefficient (Wildman–Crippen LogP) is 0.847. The third-order valence-electron chi connectivity index (χ3n) is 0.425. The van der Waals surface area contributed by atoms with E-state index in [0.717, 1.165) is 5.75 Å². The van der Waals surface area contributed by atoms with Gasteiger partial charge in [-0.25, -0.2) is 10.5 Å². The molecule has 8 heavy (non-hydrogen) atoms. The van der Waals surface area contributed by atoms with Crippen LogP contribution in [0.5, 0.6) is 0 Å². The third kappa shape index (κ3) is 3.83. The Labute approximate surface area is 57.5 Å². The summed E-state index contributed by atoms with van der Waals surface area (Å²) in [6.07, 6.45) is 0. The average Bonchev–Trinajstić information content (AvgIpc) is 1.67. The summed E-state index contributed by atoms with van der Waals surface area (Å²) in [7, 11) is 0. The number of hydrogen-bond acceptors (Lipinski definition) is 4. The van der Waals surface area contributed by atoms with Gasteiger partial charge in [0.25, 0.3) is 5.69 Å². The molecule has 0 aliphatic carbocycles. The molecule has 50 valence electrons. The Hall–Kier alpha value is 0.880. The highest BCUT2D eigenvalue weighted by Crippen LogP contribution is 2.53. The second-order valence-corrected chi connectivity index (χ2v) is 7.41. The molecule has 0 fully saturated rings. The van der Waals surface area contributed by atoms with Crippen LogP contribution in [0.3, 0.4) is 0 Å². The molecule has 0 bridgehead atoms.